The fourth-order valence-corrected chi connectivity index (χ4v) is 0.607. The topological polar surface area (TPSA) is 54.5 Å². The molecule has 0 radical (unpaired) electrons. The maximum absolute atomic E-state index is 3.85. The smallest absolute Gasteiger partial charge is 0.0655 e. The summed E-state index contributed by atoms with van der Waals surface area (Å²) in [5.41, 5.74) is 1.32. The van der Waals surface area contributed by atoms with Crippen LogP contribution in [0.2, 0.25) is 0 Å². The molecular weight excluding hydrogens is 484 g/mol. The third-order valence-corrected chi connectivity index (χ3v) is 0.993. The van der Waals surface area contributed by atoms with Gasteiger partial charge in [0.25, 0.3) is 0 Å². The first-order valence-electron chi connectivity index (χ1n) is 2.41. The van der Waals surface area contributed by atoms with Crippen molar-refractivity contribution in [2.75, 3.05) is 0 Å². The minimum Gasteiger partial charge on any atom is -0.522 e. The van der Waals surface area contributed by atoms with E-state index in [1.54, 1.807) is 6.33 Å². The van der Waals surface area contributed by atoms with Gasteiger partial charge in [0.05, 0.1) is 6.33 Å². The molecule has 0 aliphatic heterocycles. The Morgan fingerprint density at radius 2 is 2.18 bits per heavy atom. The molecule has 0 spiro atoms. The summed E-state index contributed by atoms with van der Waals surface area (Å²) < 4.78 is 0. The van der Waals surface area contributed by atoms with Gasteiger partial charge in [0, 0.05) is 42.1 Å². The van der Waals surface area contributed by atoms with Crippen LogP contribution in [0.1, 0.15) is 0 Å². The molecule has 0 amide bonds. The SMILES string of the molecule is [W].[W].[c-]1n[c-]c2[nH]cnc2n1. The molecule has 2 heterocycles. The maximum atomic E-state index is 3.85. The van der Waals surface area contributed by atoms with E-state index in [0.717, 1.165) is 0 Å². The first-order valence-corrected chi connectivity index (χ1v) is 2.41. The summed E-state index contributed by atoms with van der Waals surface area (Å²) in [7, 11) is 0. The van der Waals surface area contributed by atoms with Crippen LogP contribution in [0.25, 0.3) is 11.2 Å². The van der Waals surface area contributed by atoms with E-state index in [1.807, 2.05) is 0 Å². The molecule has 4 nitrogen and oxygen atoms in total. The Morgan fingerprint density at radius 3 is 2.91 bits per heavy atom. The Bertz CT molecular complexity index is 290. The Labute approximate surface area is 91.8 Å². The quantitative estimate of drug-likeness (QED) is 0.533. The Hall–Kier alpha value is -0.0734. The van der Waals surface area contributed by atoms with Crippen LogP contribution < -0.4 is 0 Å². The van der Waals surface area contributed by atoms with E-state index in [-0.39, 0.29) is 42.1 Å². The van der Waals surface area contributed by atoms with Gasteiger partial charge in [-0.3, -0.25) is 0 Å². The zero-order valence-corrected chi connectivity index (χ0v) is 11.1. The van der Waals surface area contributed by atoms with Gasteiger partial charge in [0.2, 0.25) is 0 Å². The largest absolute Gasteiger partial charge is 0.522 e. The molecule has 0 saturated carbocycles. The molecule has 2 aromatic rings. The number of hydrogen-bond donors (Lipinski definition) is 1. The third kappa shape index (κ3) is 2.18. The zero-order chi connectivity index (χ0) is 6.10. The molecule has 11 heavy (non-hydrogen) atoms. The monoisotopic (exact) mass is 486 g/mol. The van der Waals surface area contributed by atoms with Gasteiger partial charge in [-0.15, -0.1) is 5.52 Å². The number of aromatic nitrogens is 4. The Kier molecular flexibility index (Phi) is 4.70. The molecule has 0 aliphatic rings. The molecule has 0 unspecified atom stereocenters. The summed E-state index contributed by atoms with van der Waals surface area (Å²) in [4.78, 5) is 13.9. The molecule has 0 fully saturated rings. The normalized spacial score (nSPS) is 8.36. The zero-order valence-electron chi connectivity index (χ0n) is 5.24. The molecule has 0 atom stereocenters. The molecule has 2 aromatic heterocycles. The average Bonchev–Trinajstić information content (AvgIpc) is 2.33. The maximum Gasteiger partial charge on any atom is 0.0655 e. The van der Waals surface area contributed by atoms with Gasteiger partial charge in [0.1, 0.15) is 0 Å². The minimum absolute atomic E-state index is 0. The van der Waals surface area contributed by atoms with E-state index >= 15 is 0 Å². The van der Waals surface area contributed by atoms with Gasteiger partial charge in [0.15, 0.2) is 0 Å². The van der Waals surface area contributed by atoms with Crippen molar-refractivity contribution in [2.24, 2.45) is 0 Å². The van der Waals surface area contributed by atoms with Crippen molar-refractivity contribution in [1.82, 2.24) is 19.9 Å². The van der Waals surface area contributed by atoms with Crippen LogP contribution in [0.3, 0.4) is 0 Å². The fraction of sp³-hybridized carbons (Fsp3) is 0. The van der Waals surface area contributed by atoms with Crippen molar-refractivity contribution >= 4 is 11.2 Å². The van der Waals surface area contributed by atoms with Crippen LogP contribution in [0.4, 0.5) is 0 Å². The second-order valence-electron chi connectivity index (χ2n) is 1.54. The van der Waals surface area contributed by atoms with Crippen LogP contribution in [0, 0.1) is 12.5 Å². The predicted molar refractivity (Wildman–Crippen MR) is 29.4 cm³/mol. The molecule has 56 valence electrons. The number of nitrogens with zero attached hydrogens (tertiary/aromatic N) is 3. The Morgan fingerprint density at radius 1 is 1.36 bits per heavy atom. The number of imidazole rings is 1. The number of nitrogens with one attached hydrogen (secondary N) is 1. The van der Waals surface area contributed by atoms with Crippen LogP contribution in [-0.4, -0.2) is 19.9 Å². The molecule has 0 saturated heterocycles. The van der Waals surface area contributed by atoms with E-state index in [9.17, 15) is 0 Å². The summed E-state index contributed by atoms with van der Waals surface area (Å²) in [6.45, 7) is 0. The third-order valence-electron chi connectivity index (χ3n) is 0.993. The van der Waals surface area contributed by atoms with Crippen LogP contribution in [0.5, 0.6) is 0 Å². The minimum atomic E-state index is 0. The molecule has 6 heteroatoms. The molecule has 1 N–H and O–H groups in total. The standard InChI is InChI=1S/C5H2N4.2W/c1-4-5(8-2-6-1)9-3-7-4;;/h3H,(H,6,7,8,9);;/q-2;;. The summed E-state index contributed by atoms with van der Waals surface area (Å²) in [6, 6.07) is 0. The predicted octanol–water partition coefficient (Wildman–Crippen LogP) is -0.0517. The van der Waals surface area contributed by atoms with E-state index in [2.05, 4.69) is 32.5 Å². The van der Waals surface area contributed by atoms with E-state index in [4.69, 9.17) is 0 Å². The van der Waals surface area contributed by atoms with E-state index in [1.165, 1.54) is 0 Å². The van der Waals surface area contributed by atoms with Gasteiger partial charge >= 0.3 is 0 Å². The van der Waals surface area contributed by atoms with Gasteiger partial charge in [-0.25, -0.2) is 6.20 Å². The van der Waals surface area contributed by atoms with Crippen LogP contribution >= 0.6 is 0 Å². The van der Waals surface area contributed by atoms with Crippen molar-refractivity contribution in [3.05, 3.63) is 18.9 Å². The number of fused-ring (bicyclic) bond motifs is 1. The summed E-state index contributed by atoms with van der Waals surface area (Å²) in [5, 5.41) is 0. The van der Waals surface area contributed by atoms with Gasteiger partial charge < -0.3 is 19.9 Å². The number of hydrogen-bond acceptors (Lipinski definition) is 3. The van der Waals surface area contributed by atoms with Crippen molar-refractivity contribution in [2.45, 2.75) is 0 Å². The van der Waals surface area contributed by atoms with Crippen molar-refractivity contribution in [3.8, 4) is 0 Å². The number of aromatic amines is 1. The first-order chi connectivity index (χ1) is 4.47. The second kappa shape index (κ2) is 4.73. The number of rotatable bonds is 0. The van der Waals surface area contributed by atoms with Gasteiger partial charge in [-0.1, -0.05) is 5.65 Å². The first kappa shape index (κ1) is 10.9. The van der Waals surface area contributed by atoms with Gasteiger partial charge in [-0.05, 0) is 0 Å². The summed E-state index contributed by atoms with van der Waals surface area (Å²) in [5.74, 6) is 0. The van der Waals surface area contributed by atoms with Crippen molar-refractivity contribution < 1.29 is 42.1 Å². The molecule has 2 rings (SSSR count). The van der Waals surface area contributed by atoms with Crippen LogP contribution in [-0.2, 0) is 42.1 Å². The Balaban J connectivity index is 0.000000500. The molecule has 0 bridgehead atoms. The van der Waals surface area contributed by atoms with Gasteiger partial charge in [-0.2, -0.15) is 6.33 Å². The second-order valence-corrected chi connectivity index (χ2v) is 1.54. The fourth-order valence-electron chi connectivity index (χ4n) is 0.607. The van der Waals surface area contributed by atoms with Crippen LogP contribution in [0.15, 0.2) is 6.33 Å². The van der Waals surface area contributed by atoms with E-state index in [0.29, 0.717) is 11.2 Å². The summed E-state index contributed by atoms with van der Waals surface area (Å²) in [6.07, 6.45) is 6.57. The molecular formula is C5H2N4W2-2. The molecule has 0 aliphatic carbocycles. The summed E-state index contributed by atoms with van der Waals surface area (Å²) >= 11 is 0. The average molecular weight is 486 g/mol. The molecule has 0 aromatic carbocycles. The number of H-pyrrole nitrogens is 1. The van der Waals surface area contributed by atoms with Crippen molar-refractivity contribution in [1.29, 1.82) is 0 Å². The van der Waals surface area contributed by atoms with Crippen molar-refractivity contribution in [3.63, 3.8) is 0 Å². The van der Waals surface area contributed by atoms with E-state index < -0.39 is 0 Å².